The summed E-state index contributed by atoms with van der Waals surface area (Å²) in [4.78, 5) is 7.92. The van der Waals surface area contributed by atoms with Crippen LogP contribution in [0.1, 0.15) is 19.3 Å². The van der Waals surface area contributed by atoms with Gasteiger partial charge in [0.25, 0.3) is 0 Å². The molecule has 0 aromatic carbocycles. The fourth-order valence-corrected chi connectivity index (χ4v) is 1.60. The Labute approximate surface area is 83.0 Å². The smallest absolute Gasteiger partial charge is 0.316 e. The second-order valence-corrected chi connectivity index (χ2v) is 3.83. The second-order valence-electron chi connectivity index (χ2n) is 3.83. The zero-order valence-corrected chi connectivity index (χ0v) is 8.02. The Morgan fingerprint density at radius 2 is 2.07 bits per heavy atom. The van der Waals surface area contributed by atoms with Crippen LogP contribution in [0.3, 0.4) is 0 Å². The van der Waals surface area contributed by atoms with Gasteiger partial charge in [0.1, 0.15) is 0 Å². The first-order valence-electron chi connectivity index (χ1n) is 4.85. The Bertz CT molecular complexity index is 280. The van der Waals surface area contributed by atoms with Crippen molar-refractivity contribution in [1.29, 1.82) is 0 Å². The molecule has 1 aromatic heterocycles. The van der Waals surface area contributed by atoms with E-state index in [2.05, 4.69) is 9.97 Å². The van der Waals surface area contributed by atoms with Gasteiger partial charge in [0.15, 0.2) is 0 Å². The number of nitrogens with zero attached hydrogens (tertiary/aromatic N) is 2. The van der Waals surface area contributed by atoms with Crippen molar-refractivity contribution in [2.75, 3.05) is 13.2 Å². The Hall–Kier alpha value is -1.16. The minimum absolute atomic E-state index is 0.0286. The molecule has 4 nitrogen and oxygen atoms in total. The lowest BCUT2D eigenvalue weighted by molar-refractivity contribution is -0.00277. The number of aromatic nitrogens is 2. The molecule has 1 fully saturated rings. The third-order valence-electron chi connectivity index (χ3n) is 2.80. The minimum Gasteiger partial charge on any atom is -0.463 e. The molecule has 0 atom stereocenters. The predicted octanol–water partition coefficient (Wildman–Crippen LogP) is 1.02. The maximum atomic E-state index is 9.19. The third kappa shape index (κ3) is 1.85. The molecule has 0 unspecified atom stereocenters. The van der Waals surface area contributed by atoms with Crippen molar-refractivity contribution in [2.45, 2.75) is 19.3 Å². The molecule has 76 valence electrons. The molecule has 2 rings (SSSR count). The van der Waals surface area contributed by atoms with E-state index in [1.807, 2.05) is 0 Å². The maximum Gasteiger partial charge on any atom is 0.316 e. The normalized spacial score (nSPS) is 18.6. The highest BCUT2D eigenvalue weighted by molar-refractivity contribution is 4.95. The Morgan fingerprint density at radius 3 is 2.57 bits per heavy atom. The molecule has 14 heavy (non-hydrogen) atoms. The molecule has 1 aliphatic rings. The van der Waals surface area contributed by atoms with E-state index < -0.39 is 0 Å². The summed E-state index contributed by atoms with van der Waals surface area (Å²) in [6.07, 6.45) is 6.55. The number of hydrogen-bond acceptors (Lipinski definition) is 4. The first-order valence-corrected chi connectivity index (χ1v) is 4.85. The van der Waals surface area contributed by atoms with E-state index in [9.17, 15) is 5.11 Å². The molecule has 4 heteroatoms. The molecule has 0 aliphatic heterocycles. The zero-order chi connectivity index (χ0) is 9.86. The van der Waals surface area contributed by atoms with Crippen molar-refractivity contribution in [2.24, 2.45) is 5.41 Å². The van der Waals surface area contributed by atoms with Gasteiger partial charge in [0, 0.05) is 17.8 Å². The first kappa shape index (κ1) is 9.40. The summed E-state index contributed by atoms with van der Waals surface area (Å²) in [7, 11) is 0. The summed E-state index contributed by atoms with van der Waals surface area (Å²) in [5.41, 5.74) is -0.0286. The van der Waals surface area contributed by atoms with Crippen molar-refractivity contribution in [1.82, 2.24) is 9.97 Å². The number of aliphatic hydroxyl groups excluding tert-OH is 1. The fourth-order valence-electron chi connectivity index (χ4n) is 1.60. The maximum absolute atomic E-state index is 9.19. The van der Waals surface area contributed by atoms with Crippen LogP contribution < -0.4 is 4.74 Å². The van der Waals surface area contributed by atoms with E-state index in [0.717, 1.165) is 12.8 Å². The lowest BCUT2D eigenvalue weighted by atomic mass is 9.70. The molecular weight excluding hydrogens is 180 g/mol. The molecule has 1 N–H and O–H groups in total. The van der Waals surface area contributed by atoms with Gasteiger partial charge in [-0.1, -0.05) is 6.42 Å². The van der Waals surface area contributed by atoms with Crippen molar-refractivity contribution >= 4 is 0 Å². The first-order chi connectivity index (χ1) is 6.85. The summed E-state index contributed by atoms with van der Waals surface area (Å²) in [5.74, 6) is 0. The standard InChI is InChI=1S/C10H14N2O2/c13-7-10(3-1-4-10)8-14-9-11-5-2-6-12-9/h2,5-6,13H,1,3-4,7-8H2. The Kier molecular flexibility index (Phi) is 2.63. The van der Waals surface area contributed by atoms with Crippen LogP contribution in [0, 0.1) is 5.41 Å². The molecule has 0 saturated heterocycles. The molecule has 1 heterocycles. The monoisotopic (exact) mass is 194 g/mol. The van der Waals surface area contributed by atoms with Crippen molar-refractivity contribution in [3.63, 3.8) is 0 Å². The van der Waals surface area contributed by atoms with Gasteiger partial charge in [-0.15, -0.1) is 0 Å². The number of rotatable bonds is 4. The highest BCUT2D eigenvalue weighted by Crippen LogP contribution is 2.40. The highest BCUT2D eigenvalue weighted by atomic mass is 16.5. The van der Waals surface area contributed by atoms with Crippen molar-refractivity contribution in [3.8, 4) is 6.01 Å². The van der Waals surface area contributed by atoms with E-state index in [1.165, 1.54) is 6.42 Å². The van der Waals surface area contributed by atoms with Gasteiger partial charge < -0.3 is 9.84 Å². The molecule has 0 radical (unpaired) electrons. The third-order valence-corrected chi connectivity index (χ3v) is 2.80. The van der Waals surface area contributed by atoms with Gasteiger partial charge in [-0.05, 0) is 18.9 Å². The van der Waals surface area contributed by atoms with Crippen LogP contribution in [-0.2, 0) is 0 Å². The van der Waals surface area contributed by atoms with Crippen LogP contribution in [0.25, 0.3) is 0 Å². The lowest BCUT2D eigenvalue weighted by Crippen LogP contribution is -2.39. The number of hydrogen-bond donors (Lipinski definition) is 1. The van der Waals surface area contributed by atoms with Gasteiger partial charge in [0.05, 0.1) is 13.2 Å². The summed E-state index contributed by atoms with van der Waals surface area (Å²) in [6, 6.07) is 2.14. The largest absolute Gasteiger partial charge is 0.463 e. The van der Waals surface area contributed by atoms with Crippen LogP contribution in [0.5, 0.6) is 6.01 Å². The molecule has 1 saturated carbocycles. The predicted molar refractivity (Wildman–Crippen MR) is 50.9 cm³/mol. The van der Waals surface area contributed by atoms with Gasteiger partial charge in [-0.3, -0.25) is 0 Å². The summed E-state index contributed by atoms with van der Waals surface area (Å²) < 4.78 is 5.42. The van der Waals surface area contributed by atoms with E-state index in [0.29, 0.717) is 12.6 Å². The van der Waals surface area contributed by atoms with Crippen LogP contribution in [0.2, 0.25) is 0 Å². The zero-order valence-electron chi connectivity index (χ0n) is 8.02. The highest BCUT2D eigenvalue weighted by Gasteiger charge is 2.37. The summed E-state index contributed by atoms with van der Waals surface area (Å²) in [5, 5.41) is 9.19. The van der Waals surface area contributed by atoms with Crippen molar-refractivity contribution < 1.29 is 9.84 Å². The molecule has 0 amide bonds. The molecular formula is C10H14N2O2. The van der Waals surface area contributed by atoms with Gasteiger partial charge in [-0.25, -0.2) is 9.97 Å². The van der Waals surface area contributed by atoms with Gasteiger partial charge in [0.2, 0.25) is 0 Å². The Morgan fingerprint density at radius 1 is 1.36 bits per heavy atom. The number of ether oxygens (including phenoxy) is 1. The quantitative estimate of drug-likeness (QED) is 0.777. The lowest BCUT2D eigenvalue weighted by Gasteiger charge is -2.39. The molecule has 0 bridgehead atoms. The minimum atomic E-state index is -0.0286. The molecule has 1 aliphatic carbocycles. The summed E-state index contributed by atoms with van der Waals surface area (Å²) >= 11 is 0. The van der Waals surface area contributed by atoms with Crippen LogP contribution in [0.15, 0.2) is 18.5 Å². The number of aliphatic hydroxyl groups is 1. The molecule has 0 spiro atoms. The average Bonchev–Trinajstić information content (AvgIpc) is 2.19. The summed E-state index contributed by atoms with van der Waals surface area (Å²) in [6.45, 7) is 0.716. The van der Waals surface area contributed by atoms with Gasteiger partial charge >= 0.3 is 6.01 Å². The Balaban J connectivity index is 1.88. The van der Waals surface area contributed by atoms with E-state index >= 15 is 0 Å². The van der Waals surface area contributed by atoms with E-state index in [1.54, 1.807) is 18.5 Å². The van der Waals surface area contributed by atoms with Crippen LogP contribution in [-0.4, -0.2) is 28.3 Å². The van der Waals surface area contributed by atoms with Crippen LogP contribution >= 0.6 is 0 Å². The van der Waals surface area contributed by atoms with Gasteiger partial charge in [-0.2, -0.15) is 0 Å². The SMILES string of the molecule is OCC1(COc2ncccn2)CCC1. The van der Waals surface area contributed by atoms with E-state index in [-0.39, 0.29) is 12.0 Å². The van der Waals surface area contributed by atoms with Crippen molar-refractivity contribution in [3.05, 3.63) is 18.5 Å². The second kappa shape index (κ2) is 3.92. The van der Waals surface area contributed by atoms with Crippen LogP contribution in [0.4, 0.5) is 0 Å². The fraction of sp³-hybridized carbons (Fsp3) is 0.600. The van der Waals surface area contributed by atoms with E-state index in [4.69, 9.17) is 4.74 Å². The molecule has 1 aromatic rings. The topological polar surface area (TPSA) is 55.2 Å². The average molecular weight is 194 g/mol.